The normalized spacial score (nSPS) is 14.4. The van der Waals surface area contributed by atoms with E-state index in [1.165, 1.54) is 29.2 Å². The Labute approximate surface area is 234 Å². The van der Waals surface area contributed by atoms with Crippen LogP contribution in [-0.4, -0.2) is 50.0 Å². The van der Waals surface area contributed by atoms with Crippen molar-refractivity contribution in [3.63, 3.8) is 0 Å². The van der Waals surface area contributed by atoms with Gasteiger partial charge < -0.3 is 23.7 Å². The number of fused-ring (bicyclic) bond motifs is 1. The molecule has 11 heteroatoms. The number of nitrogens with zero attached hydrogens (tertiary/aromatic N) is 2. The average Bonchev–Trinajstić information content (AvgIpc) is 3.27. The maximum absolute atomic E-state index is 13.8. The molecule has 210 valence electrons. The first-order valence-corrected chi connectivity index (χ1v) is 13.6. The maximum Gasteiger partial charge on any atom is 0.344 e. The molecule has 0 unspecified atom stereocenters. The van der Waals surface area contributed by atoms with Gasteiger partial charge in [0.05, 0.1) is 43.1 Å². The summed E-state index contributed by atoms with van der Waals surface area (Å²) in [5, 5.41) is 0. The Morgan fingerprint density at radius 3 is 2.50 bits per heavy atom. The zero-order chi connectivity index (χ0) is 28.6. The molecule has 2 heterocycles. The lowest BCUT2D eigenvalue weighted by Crippen LogP contribution is -2.39. The lowest BCUT2D eigenvalue weighted by Gasteiger charge is -2.23. The van der Waals surface area contributed by atoms with E-state index in [1.807, 2.05) is 19.9 Å². The van der Waals surface area contributed by atoms with E-state index in [1.54, 1.807) is 49.4 Å². The van der Waals surface area contributed by atoms with Crippen molar-refractivity contribution < 1.29 is 33.3 Å². The summed E-state index contributed by atoms with van der Waals surface area (Å²) in [5.41, 5.74) is 1.21. The highest BCUT2D eigenvalue weighted by molar-refractivity contribution is 7.07. The molecule has 1 aromatic heterocycles. The zero-order valence-electron chi connectivity index (χ0n) is 22.7. The molecule has 3 aromatic rings. The van der Waals surface area contributed by atoms with Gasteiger partial charge in [-0.05, 0) is 62.2 Å². The van der Waals surface area contributed by atoms with Crippen LogP contribution in [0.3, 0.4) is 0 Å². The fourth-order valence-electron chi connectivity index (χ4n) is 4.18. The number of thiazole rings is 1. The Hall–Kier alpha value is -4.38. The van der Waals surface area contributed by atoms with Crippen molar-refractivity contribution >= 4 is 29.4 Å². The monoisotopic (exact) mass is 566 g/mol. The molecule has 1 aliphatic heterocycles. The SMILES string of the molecule is CCOC(=O)COc1cccc(/C=c2/sc3n(c2=O)[C@H](c2ccc(OCC)c(OCC)c2)C(C(=O)OC)=CN=3)c1. The van der Waals surface area contributed by atoms with Gasteiger partial charge in [-0.25, -0.2) is 14.6 Å². The minimum absolute atomic E-state index is 0.211. The zero-order valence-corrected chi connectivity index (χ0v) is 23.5. The Morgan fingerprint density at radius 1 is 1.00 bits per heavy atom. The molecule has 40 heavy (non-hydrogen) atoms. The quantitative estimate of drug-likeness (QED) is 0.326. The van der Waals surface area contributed by atoms with Gasteiger partial charge in [0.1, 0.15) is 5.75 Å². The van der Waals surface area contributed by atoms with Gasteiger partial charge in [-0.15, -0.1) is 0 Å². The van der Waals surface area contributed by atoms with Crippen LogP contribution in [0.1, 0.15) is 37.9 Å². The highest BCUT2D eigenvalue weighted by Gasteiger charge is 2.31. The summed E-state index contributed by atoms with van der Waals surface area (Å²) in [5.74, 6) is 0.461. The fraction of sp³-hybridized carbons (Fsp3) is 0.310. The molecule has 0 bridgehead atoms. The van der Waals surface area contributed by atoms with Crippen molar-refractivity contribution in [2.45, 2.75) is 26.8 Å². The molecule has 4 rings (SSSR count). The largest absolute Gasteiger partial charge is 0.490 e. The number of rotatable bonds is 11. The Bertz CT molecular complexity index is 1600. The molecule has 0 aliphatic carbocycles. The molecule has 0 amide bonds. The molecule has 1 atom stereocenters. The van der Waals surface area contributed by atoms with E-state index >= 15 is 0 Å². The highest BCUT2D eigenvalue weighted by Crippen LogP contribution is 2.35. The van der Waals surface area contributed by atoms with Crippen molar-refractivity contribution in [2.24, 2.45) is 4.99 Å². The summed E-state index contributed by atoms with van der Waals surface area (Å²) in [6.45, 7) is 6.38. The predicted molar refractivity (Wildman–Crippen MR) is 149 cm³/mol. The summed E-state index contributed by atoms with van der Waals surface area (Å²) < 4.78 is 28.8. The first kappa shape index (κ1) is 28.6. The van der Waals surface area contributed by atoms with Crippen molar-refractivity contribution in [2.75, 3.05) is 33.5 Å². The van der Waals surface area contributed by atoms with Crippen LogP contribution < -0.4 is 29.1 Å². The molecule has 1 aliphatic rings. The van der Waals surface area contributed by atoms with E-state index < -0.39 is 18.0 Å². The highest BCUT2D eigenvalue weighted by atomic mass is 32.1. The molecule has 0 N–H and O–H groups in total. The number of aromatic nitrogens is 1. The maximum atomic E-state index is 13.8. The topological polar surface area (TPSA) is 115 Å². The predicted octanol–water partition coefficient (Wildman–Crippen LogP) is 2.76. The summed E-state index contributed by atoms with van der Waals surface area (Å²) in [7, 11) is 1.28. The van der Waals surface area contributed by atoms with E-state index in [0.717, 1.165) is 0 Å². The van der Waals surface area contributed by atoms with Crippen LogP contribution in [0.15, 0.2) is 64.0 Å². The fourth-order valence-corrected chi connectivity index (χ4v) is 5.15. The molecule has 0 fully saturated rings. The van der Waals surface area contributed by atoms with Gasteiger partial charge in [0, 0.05) is 6.20 Å². The minimum Gasteiger partial charge on any atom is -0.490 e. The third-order valence-corrected chi connectivity index (χ3v) is 6.82. The molecule has 0 radical (unpaired) electrons. The number of hydrogen-bond donors (Lipinski definition) is 0. The standard InChI is InChI=1S/C29H30N2O8S/c1-5-36-22-12-11-19(15-23(22)37-6-2)26-21(28(34)35-4)16-30-29-31(26)27(33)24(40-29)14-18-9-8-10-20(13-18)39-17-25(32)38-7-3/h8-16,26H,5-7,17H2,1-4H3/b24-14+/t26-/m1/s1. The van der Waals surface area contributed by atoms with E-state index in [4.69, 9.17) is 23.7 Å². The first-order chi connectivity index (χ1) is 19.4. The molecular formula is C29H30N2O8S. The molecule has 0 saturated carbocycles. The molecule has 2 aromatic carbocycles. The van der Waals surface area contributed by atoms with Gasteiger partial charge in [0.2, 0.25) is 0 Å². The summed E-state index contributed by atoms with van der Waals surface area (Å²) in [4.78, 5) is 43.0. The van der Waals surface area contributed by atoms with Gasteiger partial charge in [0.15, 0.2) is 22.9 Å². The number of methoxy groups -OCH3 is 1. The van der Waals surface area contributed by atoms with Gasteiger partial charge in [-0.2, -0.15) is 0 Å². The third kappa shape index (κ3) is 6.26. The number of ether oxygens (including phenoxy) is 5. The van der Waals surface area contributed by atoms with Crippen LogP contribution in [0, 0.1) is 0 Å². The lowest BCUT2D eigenvalue weighted by atomic mass is 9.97. The number of esters is 2. The molecular weight excluding hydrogens is 536 g/mol. The van der Waals surface area contributed by atoms with Crippen LogP contribution in [0.2, 0.25) is 0 Å². The third-order valence-electron chi connectivity index (χ3n) is 5.83. The van der Waals surface area contributed by atoms with E-state index in [-0.39, 0.29) is 24.3 Å². The number of benzene rings is 2. The van der Waals surface area contributed by atoms with Crippen LogP contribution >= 0.6 is 11.3 Å². The van der Waals surface area contributed by atoms with E-state index in [2.05, 4.69) is 4.99 Å². The Morgan fingerprint density at radius 2 is 1.77 bits per heavy atom. The second-order valence-corrected chi connectivity index (χ2v) is 9.42. The van der Waals surface area contributed by atoms with Crippen molar-refractivity contribution in [3.8, 4) is 17.2 Å². The van der Waals surface area contributed by atoms with Crippen molar-refractivity contribution in [1.29, 1.82) is 0 Å². The van der Waals surface area contributed by atoms with Crippen molar-refractivity contribution in [1.82, 2.24) is 4.57 Å². The Kier molecular flexibility index (Phi) is 9.39. The first-order valence-electron chi connectivity index (χ1n) is 12.8. The van der Waals surface area contributed by atoms with E-state index in [0.29, 0.717) is 50.9 Å². The van der Waals surface area contributed by atoms with Crippen molar-refractivity contribution in [3.05, 3.63) is 85.1 Å². The summed E-state index contributed by atoms with van der Waals surface area (Å²) in [6.07, 6.45) is 3.15. The molecule has 0 spiro atoms. The van der Waals surface area contributed by atoms with E-state index in [9.17, 15) is 14.4 Å². The summed E-state index contributed by atoms with van der Waals surface area (Å²) in [6, 6.07) is 11.5. The lowest BCUT2D eigenvalue weighted by molar-refractivity contribution is -0.145. The van der Waals surface area contributed by atoms with Crippen LogP contribution in [0.25, 0.3) is 6.08 Å². The molecule has 10 nitrogen and oxygen atoms in total. The average molecular weight is 567 g/mol. The van der Waals surface area contributed by atoms with Gasteiger partial charge in [-0.1, -0.05) is 29.5 Å². The van der Waals surface area contributed by atoms with Gasteiger partial charge >= 0.3 is 11.9 Å². The second-order valence-electron chi connectivity index (χ2n) is 8.41. The smallest absolute Gasteiger partial charge is 0.344 e. The number of carbonyl (C=O) groups is 2. The van der Waals surface area contributed by atoms with Crippen LogP contribution in [-0.2, 0) is 19.1 Å². The number of carbonyl (C=O) groups excluding carboxylic acids is 2. The summed E-state index contributed by atoms with van der Waals surface area (Å²) >= 11 is 1.19. The van der Waals surface area contributed by atoms with Crippen LogP contribution in [0.5, 0.6) is 17.2 Å². The van der Waals surface area contributed by atoms with Crippen LogP contribution in [0.4, 0.5) is 0 Å². The Balaban J connectivity index is 1.77. The van der Waals surface area contributed by atoms with Gasteiger partial charge in [0.25, 0.3) is 5.56 Å². The molecule has 0 saturated heterocycles. The van der Waals surface area contributed by atoms with Gasteiger partial charge in [-0.3, -0.25) is 9.36 Å². The second kappa shape index (κ2) is 13.1. The number of hydrogen-bond acceptors (Lipinski definition) is 10. The minimum atomic E-state index is -0.792.